The maximum atomic E-state index is 11.5. The molecular weight excluding hydrogens is 280 g/mol. The summed E-state index contributed by atoms with van der Waals surface area (Å²) >= 11 is 0. The molecule has 1 saturated heterocycles. The molecule has 0 unspecified atom stereocenters. The zero-order chi connectivity index (χ0) is 15.7. The number of hydrogen-bond acceptors (Lipinski definition) is 3. The molecule has 2 aromatic rings. The van der Waals surface area contributed by atoms with Crippen molar-refractivity contribution in [1.82, 2.24) is 9.47 Å². The summed E-state index contributed by atoms with van der Waals surface area (Å²) in [4.78, 5) is 14.0. The second-order valence-electron chi connectivity index (χ2n) is 5.99. The van der Waals surface area contributed by atoms with E-state index in [2.05, 4.69) is 11.8 Å². The van der Waals surface area contributed by atoms with Gasteiger partial charge >= 0.3 is 6.09 Å². The molecule has 0 aliphatic carbocycles. The summed E-state index contributed by atoms with van der Waals surface area (Å²) in [7, 11) is 1.59. The molecule has 1 aromatic carbocycles. The first-order chi connectivity index (χ1) is 10.6. The zero-order valence-corrected chi connectivity index (χ0v) is 13.1. The highest BCUT2D eigenvalue weighted by molar-refractivity contribution is 5.92. The molecule has 1 aliphatic rings. The van der Waals surface area contributed by atoms with E-state index >= 15 is 0 Å². The summed E-state index contributed by atoms with van der Waals surface area (Å²) in [6, 6.07) is 6.06. The molecule has 118 valence electrons. The van der Waals surface area contributed by atoms with Crippen LogP contribution in [0.3, 0.4) is 0 Å². The fraction of sp³-hybridized carbons (Fsp3) is 0.471. The van der Waals surface area contributed by atoms with Gasteiger partial charge in [0, 0.05) is 23.7 Å². The van der Waals surface area contributed by atoms with Gasteiger partial charge in [0.15, 0.2) is 0 Å². The lowest BCUT2D eigenvalue weighted by Crippen LogP contribution is -2.31. The normalized spacial score (nSPS) is 17.0. The Kier molecular flexibility index (Phi) is 4.07. The number of carboxylic acid groups (broad SMARTS) is 1. The van der Waals surface area contributed by atoms with Gasteiger partial charge < -0.3 is 14.7 Å². The quantitative estimate of drug-likeness (QED) is 0.942. The summed E-state index contributed by atoms with van der Waals surface area (Å²) < 4.78 is 6.51. The smallest absolute Gasteiger partial charge is 0.416 e. The van der Waals surface area contributed by atoms with E-state index in [1.807, 2.05) is 12.1 Å². The molecule has 5 nitrogen and oxygen atoms in total. The van der Waals surface area contributed by atoms with Gasteiger partial charge in [0.05, 0.1) is 12.6 Å². The second-order valence-corrected chi connectivity index (χ2v) is 5.99. The first kappa shape index (κ1) is 14.9. The van der Waals surface area contributed by atoms with Crippen LogP contribution in [0.25, 0.3) is 10.9 Å². The van der Waals surface area contributed by atoms with E-state index in [0.717, 1.165) is 30.5 Å². The van der Waals surface area contributed by atoms with Crippen LogP contribution in [0.1, 0.15) is 25.3 Å². The molecule has 1 atom stereocenters. The van der Waals surface area contributed by atoms with Gasteiger partial charge in [-0.05, 0) is 57.0 Å². The Labute approximate surface area is 130 Å². The molecule has 1 N–H and O–H groups in total. The van der Waals surface area contributed by atoms with Crippen molar-refractivity contribution in [2.45, 2.75) is 32.2 Å². The lowest BCUT2D eigenvalue weighted by atomic mass is 10.1. The van der Waals surface area contributed by atoms with Gasteiger partial charge in [0.2, 0.25) is 0 Å². The van der Waals surface area contributed by atoms with Crippen LogP contribution in [0.4, 0.5) is 4.79 Å². The summed E-state index contributed by atoms with van der Waals surface area (Å²) in [6.07, 6.45) is 4.18. The van der Waals surface area contributed by atoms with Crippen LogP contribution in [0.5, 0.6) is 5.75 Å². The number of ether oxygens (including phenoxy) is 1. The van der Waals surface area contributed by atoms with Crippen molar-refractivity contribution in [1.29, 1.82) is 0 Å². The fourth-order valence-electron chi connectivity index (χ4n) is 3.35. The number of methoxy groups -OCH3 is 1. The van der Waals surface area contributed by atoms with E-state index in [9.17, 15) is 9.90 Å². The average Bonchev–Trinajstić information content (AvgIpc) is 3.14. The van der Waals surface area contributed by atoms with Crippen molar-refractivity contribution in [3.05, 3.63) is 30.0 Å². The van der Waals surface area contributed by atoms with Crippen LogP contribution >= 0.6 is 0 Å². The molecule has 22 heavy (non-hydrogen) atoms. The molecule has 1 fully saturated rings. The summed E-state index contributed by atoms with van der Waals surface area (Å²) in [6.45, 7) is 4.51. The lowest BCUT2D eigenvalue weighted by Gasteiger charge is -2.23. The Balaban J connectivity index is 1.96. The Morgan fingerprint density at radius 1 is 1.36 bits per heavy atom. The highest BCUT2D eigenvalue weighted by Gasteiger charge is 2.21. The molecule has 1 aliphatic heterocycles. The van der Waals surface area contributed by atoms with E-state index < -0.39 is 6.09 Å². The van der Waals surface area contributed by atoms with Crippen LogP contribution in [0.2, 0.25) is 0 Å². The molecule has 0 saturated carbocycles. The molecule has 5 heteroatoms. The predicted octanol–water partition coefficient (Wildman–Crippen LogP) is 3.20. The summed E-state index contributed by atoms with van der Waals surface area (Å²) in [5.74, 6) is 0.673. The number of nitrogens with zero attached hydrogens (tertiary/aromatic N) is 2. The molecule has 1 aromatic heterocycles. The third-order valence-electron chi connectivity index (χ3n) is 4.58. The molecule has 2 heterocycles. The van der Waals surface area contributed by atoms with Crippen molar-refractivity contribution < 1.29 is 14.6 Å². The van der Waals surface area contributed by atoms with E-state index in [4.69, 9.17) is 4.74 Å². The monoisotopic (exact) mass is 302 g/mol. The van der Waals surface area contributed by atoms with Crippen LogP contribution in [0.15, 0.2) is 24.4 Å². The minimum Gasteiger partial charge on any atom is -0.497 e. The summed E-state index contributed by atoms with van der Waals surface area (Å²) in [5.41, 5.74) is 1.77. The maximum absolute atomic E-state index is 11.5. The average molecular weight is 302 g/mol. The topological polar surface area (TPSA) is 54.7 Å². The van der Waals surface area contributed by atoms with Gasteiger partial charge in [-0.25, -0.2) is 4.79 Å². The Bertz CT molecular complexity index is 687. The van der Waals surface area contributed by atoms with Crippen LogP contribution in [-0.2, 0) is 6.42 Å². The zero-order valence-electron chi connectivity index (χ0n) is 13.1. The first-order valence-corrected chi connectivity index (χ1v) is 7.75. The number of rotatable bonds is 4. The number of benzene rings is 1. The highest BCUT2D eigenvalue weighted by Crippen LogP contribution is 2.28. The van der Waals surface area contributed by atoms with Crippen molar-refractivity contribution >= 4 is 17.0 Å². The van der Waals surface area contributed by atoms with Gasteiger partial charge in [-0.2, -0.15) is 0 Å². The largest absolute Gasteiger partial charge is 0.497 e. The number of hydrogen-bond donors (Lipinski definition) is 1. The maximum Gasteiger partial charge on any atom is 0.416 e. The van der Waals surface area contributed by atoms with Gasteiger partial charge in [-0.1, -0.05) is 0 Å². The third kappa shape index (κ3) is 2.68. The molecule has 0 spiro atoms. The number of carbonyl (C=O) groups is 1. The van der Waals surface area contributed by atoms with E-state index in [1.54, 1.807) is 19.4 Å². The Morgan fingerprint density at radius 3 is 2.73 bits per heavy atom. The molecule has 0 amide bonds. The standard InChI is InChI=1S/C17H22N2O3/c1-12(18-7-3-4-8-18)9-13-11-19(17(20)21)16-10-14(22-2)5-6-15(13)16/h5-6,10-12H,3-4,7-9H2,1-2H3,(H,20,21)/t12-/m1/s1. The number of aromatic nitrogens is 1. The highest BCUT2D eigenvalue weighted by atomic mass is 16.5. The van der Waals surface area contributed by atoms with Crippen molar-refractivity contribution in [3.63, 3.8) is 0 Å². The fourth-order valence-corrected chi connectivity index (χ4v) is 3.35. The molecule has 0 radical (unpaired) electrons. The predicted molar refractivity (Wildman–Crippen MR) is 85.9 cm³/mol. The molecule has 0 bridgehead atoms. The minimum atomic E-state index is -0.960. The second kappa shape index (κ2) is 6.01. The Hall–Kier alpha value is -2.01. The number of likely N-dealkylation sites (tertiary alicyclic amines) is 1. The molecule has 3 rings (SSSR count). The summed E-state index contributed by atoms with van der Waals surface area (Å²) in [5, 5.41) is 10.4. The van der Waals surface area contributed by atoms with Gasteiger partial charge in [-0.15, -0.1) is 0 Å². The third-order valence-corrected chi connectivity index (χ3v) is 4.58. The number of fused-ring (bicyclic) bond motifs is 1. The SMILES string of the molecule is COc1ccc2c(C[C@@H](C)N3CCCC3)cn(C(=O)O)c2c1. The lowest BCUT2D eigenvalue weighted by molar-refractivity contribution is 0.197. The van der Waals surface area contributed by atoms with Gasteiger partial charge in [0.1, 0.15) is 5.75 Å². The van der Waals surface area contributed by atoms with Gasteiger partial charge in [-0.3, -0.25) is 4.57 Å². The van der Waals surface area contributed by atoms with Crippen molar-refractivity contribution in [3.8, 4) is 5.75 Å². The van der Waals surface area contributed by atoms with Crippen molar-refractivity contribution in [2.24, 2.45) is 0 Å². The van der Waals surface area contributed by atoms with Crippen molar-refractivity contribution in [2.75, 3.05) is 20.2 Å². The van der Waals surface area contributed by atoms with Crippen LogP contribution in [0, 0.1) is 0 Å². The van der Waals surface area contributed by atoms with E-state index in [1.165, 1.54) is 17.4 Å². The van der Waals surface area contributed by atoms with Gasteiger partial charge in [0.25, 0.3) is 0 Å². The first-order valence-electron chi connectivity index (χ1n) is 7.75. The Morgan fingerprint density at radius 2 is 2.09 bits per heavy atom. The molecular formula is C17H22N2O3. The minimum absolute atomic E-state index is 0.428. The van der Waals surface area contributed by atoms with E-state index in [-0.39, 0.29) is 0 Å². The van der Waals surface area contributed by atoms with E-state index in [0.29, 0.717) is 17.3 Å². The van der Waals surface area contributed by atoms with Crippen LogP contribution in [-0.4, -0.2) is 46.9 Å². The van der Waals surface area contributed by atoms with Crippen LogP contribution < -0.4 is 4.74 Å².